The lowest BCUT2D eigenvalue weighted by atomic mass is 9.93. The molecule has 0 saturated heterocycles. The number of carbonyl (C=O) groups is 2. The van der Waals surface area contributed by atoms with E-state index in [-0.39, 0.29) is 25.1 Å². The Morgan fingerprint density at radius 3 is 2.54 bits per heavy atom. The number of hydrogen-bond donors (Lipinski definition) is 4. The van der Waals surface area contributed by atoms with Gasteiger partial charge in [0.15, 0.2) is 11.4 Å². The van der Waals surface area contributed by atoms with Crippen molar-refractivity contribution in [1.29, 1.82) is 5.26 Å². The van der Waals surface area contributed by atoms with Crippen LogP contribution in [-0.2, 0) is 9.59 Å². The van der Waals surface area contributed by atoms with Gasteiger partial charge < -0.3 is 25.5 Å². The Labute approximate surface area is 225 Å². The molecule has 0 bridgehead atoms. The molecule has 39 heavy (non-hydrogen) atoms. The van der Waals surface area contributed by atoms with Gasteiger partial charge in [0.1, 0.15) is 5.76 Å². The first-order valence-corrected chi connectivity index (χ1v) is 12.6. The van der Waals surface area contributed by atoms with Gasteiger partial charge in [0.2, 0.25) is 0 Å². The highest BCUT2D eigenvalue weighted by Gasteiger charge is 2.23. The predicted octanol–water partition coefficient (Wildman–Crippen LogP) is 4.30. The molecule has 12 nitrogen and oxygen atoms in total. The Hall–Kier alpha value is -4.80. The van der Waals surface area contributed by atoms with Gasteiger partial charge in [-0.3, -0.25) is 14.3 Å². The standard InChI is InChI=1S/C24H20N6O2S.2CH2O2/c25-8-13-1-2-14-10-29-33-23(14)21(13)20-7-18-19(11-27-24(26)22(18)32-20)15-9-28-30(12-15)16-3-5-17(31)6-4-16;2*2-1-3/h1-2,7,9-12,16-17,31H,3-6H2,(H2,26,27);2*1H,(H,2,3)/t16-,17-;;. The highest BCUT2D eigenvalue weighted by molar-refractivity contribution is 7.14. The first kappa shape index (κ1) is 27.2. The summed E-state index contributed by atoms with van der Waals surface area (Å²) < 4.78 is 13.3. The molecule has 200 valence electrons. The average Bonchev–Trinajstić information content (AvgIpc) is 3.70. The number of anilines is 1. The Morgan fingerprint density at radius 1 is 1.13 bits per heavy atom. The van der Waals surface area contributed by atoms with Crippen molar-refractivity contribution in [3.63, 3.8) is 0 Å². The zero-order chi connectivity index (χ0) is 27.9. The van der Waals surface area contributed by atoms with E-state index in [2.05, 4.69) is 20.5 Å². The van der Waals surface area contributed by atoms with Crippen LogP contribution in [0.3, 0.4) is 0 Å². The molecule has 1 aliphatic rings. The fourth-order valence-corrected chi connectivity index (χ4v) is 5.47. The largest absolute Gasteiger partial charge is 0.483 e. The highest BCUT2D eigenvalue weighted by Crippen LogP contribution is 2.41. The lowest BCUT2D eigenvalue weighted by Crippen LogP contribution is -2.21. The summed E-state index contributed by atoms with van der Waals surface area (Å²) >= 11 is 1.33. The van der Waals surface area contributed by atoms with E-state index in [1.54, 1.807) is 18.5 Å². The van der Waals surface area contributed by atoms with Crippen LogP contribution in [-0.4, -0.2) is 53.5 Å². The molecule has 0 amide bonds. The van der Waals surface area contributed by atoms with Gasteiger partial charge in [-0.05, 0) is 49.3 Å². The summed E-state index contributed by atoms with van der Waals surface area (Å²) in [7, 11) is 0. The summed E-state index contributed by atoms with van der Waals surface area (Å²) in [5, 5.41) is 39.7. The van der Waals surface area contributed by atoms with Crippen LogP contribution in [0.5, 0.6) is 0 Å². The minimum absolute atomic E-state index is 0.206. The van der Waals surface area contributed by atoms with Gasteiger partial charge >= 0.3 is 0 Å². The Kier molecular flexibility index (Phi) is 8.50. The van der Waals surface area contributed by atoms with Crippen molar-refractivity contribution in [2.45, 2.75) is 37.8 Å². The maximum atomic E-state index is 9.80. The summed E-state index contributed by atoms with van der Waals surface area (Å²) in [5.41, 5.74) is 9.68. The maximum absolute atomic E-state index is 9.80. The summed E-state index contributed by atoms with van der Waals surface area (Å²) in [6.45, 7) is -0.500. The quantitative estimate of drug-likeness (QED) is 0.234. The number of pyridine rings is 1. The number of rotatable bonds is 3. The lowest BCUT2D eigenvalue weighted by Gasteiger charge is -2.25. The fourth-order valence-electron chi connectivity index (χ4n) is 4.67. The Morgan fingerprint density at radius 2 is 1.85 bits per heavy atom. The number of nitrogens with two attached hydrogens (primary N) is 1. The molecule has 4 aromatic heterocycles. The molecule has 5 N–H and O–H groups in total. The van der Waals surface area contributed by atoms with Crippen LogP contribution < -0.4 is 5.73 Å². The van der Waals surface area contributed by atoms with Crippen molar-refractivity contribution in [3.8, 4) is 28.5 Å². The summed E-state index contributed by atoms with van der Waals surface area (Å²) in [6.07, 6.45) is 10.6. The third-order valence-corrected chi connectivity index (χ3v) is 7.26. The van der Waals surface area contributed by atoms with Crippen molar-refractivity contribution in [2.24, 2.45) is 0 Å². The minimum Gasteiger partial charge on any atom is -0.483 e. The SMILES string of the molecule is N#Cc1ccc2cnsc2c1-c1cc2c(-c3cnn([C@H]4CC[C@H](O)CC4)c3)cnc(N)c2o1.O=CO.O=CO. The fraction of sp³-hybridized carbons (Fsp3) is 0.231. The van der Waals surface area contributed by atoms with Gasteiger partial charge in [-0.1, -0.05) is 6.07 Å². The number of fused-ring (bicyclic) bond motifs is 2. The summed E-state index contributed by atoms with van der Waals surface area (Å²) in [6, 6.07) is 8.14. The summed E-state index contributed by atoms with van der Waals surface area (Å²) in [4.78, 5) is 21.1. The van der Waals surface area contributed by atoms with E-state index in [1.807, 2.05) is 29.2 Å². The second kappa shape index (κ2) is 12.2. The van der Waals surface area contributed by atoms with E-state index in [1.165, 1.54) is 11.5 Å². The normalized spacial score (nSPS) is 16.4. The number of aromatic nitrogens is 4. The molecule has 1 fully saturated rings. The number of nitriles is 1. The van der Waals surface area contributed by atoms with E-state index in [4.69, 9.17) is 30.0 Å². The van der Waals surface area contributed by atoms with E-state index in [0.29, 0.717) is 22.7 Å². The number of hydrogen-bond acceptors (Lipinski definition) is 10. The molecule has 0 atom stereocenters. The van der Waals surface area contributed by atoms with Gasteiger partial charge in [0.05, 0.1) is 40.2 Å². The third-order valence-electron chi connectivity index (χ3n) is 6.43. The highest BCUT2D eigenvalue weighted by atomic mass is 32.1. The molecule has 4 heterocycles. The van der Waals surface area contributed by atoms with Crippen molar-refractivity contribution in [2.75, 3.05) is 5.73 Å². The van der Waals surface area contributed by atoms with E-state index < -0.39 is 0 Å². The molecular formula is C26H24N6O6S. The number of nitrogen functional groups attached to an aromatic ring is 1. The van der Waals surface area contributed by atoms with Crippen molar-refractivity contribution in [3.05, 3.63) is 48.5 Å². The number of carboxylic acid groups (broad SMARTS) is 2. The van der Waals surface area contributed by atoms with Crippen LogP contribution >= 0.6 is 11.5 Å². The smallest absolute Gasteiger partial charge is 0.290 e. The first-order valence-electron chi connectivity index (χ1n) is 11.8. The van der Waals surface area contributed by atoms with Crippen LogP contribution in [0.15, 0.2) is 47.4 Å². The third kappa shape index (κ3) is 5.57. The zero-order valence-electron chi connectivity index (χ0n) is 20.5. The first-order chi connectivity index (χ1) is 18.9. The number of nitrogens with zero attached hydrogens (tertiary/aromatic N) is 5. The molecule has 0 spiro atoms. The van der Waals surface area contributed by atoms with E-state index in [0.717, 1.165) is 57.8 Å². The van der Waals surface area contributed by atoms with Crippen LogP contribution in [0.4, 0.5) is 5.82 Å². The lowest BCUT2D eigenvalue weighted by molar-refractivity contribution is -0.123. The van der Waals surface area contributed by atoms with Gasteiger partial charge in [-0.25, -0.2) is 4.98 Å². The van der Waals surface area contributed by atoms with Crippen LogP contribution in [0, 0.1) is 11.3 Å². The van der Waals surface area contributed by atoms with Gasteiger partial charge in [0, 0.05) is 40.5 Å². The zero-order valence-corrected chi connectivity index (χ0v) is 21.3. The second-order valence-corrected chi connectivity index (χ2v) is 9.44. The van der Waals surface area contributed by atoms with Crippen LogP contribution in [0.25, 0.3) is 43.5 Å². The van der Waals surface area contributed by atoms with E-state index >= 15 is 0 Å². The molecule has 6 rings (SSSR count). The number of aliphatic hydroxyl groups excluding tert-OH is 1. The van der Waals surface area contributed by atoms with Gasteiger partial charge in [-0.15, -0.1) is 0 Å². The molecule has 0 aliphatic heterocycles. The summed E-state index contributed by atoms with van der Waals surface area (Å²) in [5.74, 6) is 0.856. The number of furan rings is 1. The molecule has 13 heteroatoms. The number of benzene rings is 1. The molecule has 1 saturated carbocycles. The van der Waals surface area contributed by atoms with Crippen molar-refractivity contribution in [1.82, 2.24) is 19.1 Å². The van der Waals surface area contributed by atoms with Crippen molar-refractivity contribution >= 4 is 51.4 Å². The van der Waals surface area contributed by atoms with Crippen LogP contribution in [0.2, 0.25) is 0 Å². The molecule has 0 unspecified atom stereocenters. The topological polar surface area (TPSA) is 201 Å². The van der Waals surface area contributed by atoms with Crippen LogP contribution in [0.1, 0.15) is 37.3 Å². The second-order valence-electron chi connectivity index (χ2n) is 8.64. The molecule has 5 aromatic rings. The Bertz CT molecular complexity index is 1640. The molecule has 1 aliphatic carbocycles. The minimum atomic E-state index is -0.250. The molecule has 1 aromatic carbocycles. The Balaban J connectivity index is 0.000000541. The molecular weight excluding hydrogens is 524 g/mol. The predicted molar refractivity (Wildman–Crippen MR) is 144 cm³/mol. The number of aliphatic hydroxyl groups is 1. The maximum Gasteiger partial charge on any atom is 0.290 e. The van der Waals surface area contributed by atoms with Gasteiger partial charge in [-0.2, -0.15) is 14.7 Å². The van der Waals surface area contributed by atoms with Crippen molar-refractivity contribution < 1.29 is 29.3 Å². The molecule has 0 radical (unpaired) electrons. The monoisotopic (exact) mass is 548 g/mol. The van der Waals surface area contributed by atoms with Gasteiger partial charge in [0.25, 0.3) is 12.9 Å². The van der Waals surface area contributed by atoms with E-state index in [9.17, 15) is 10.4 Å². The average molecular weight is 549 g/mol.